The molecule has 0 amide bonds. The van der Waals surface area contributed by atoms with Crippen LogP contribution in [0.5, 0.6) is 0 Å². The number of hydrogen-bond donors (Lipinski definition) is 0. The fraction of sp³-hybridized carbons (Fsp3) is 0.556. The van der Waals surface area contributed by atoms with Gasteiger partial charge in [0.1, 0.15) is 5.76 Å². The summed E-state index contributed by atoms with van der Waals surface area (Å²) in [6.45, 7) is 2.72. The molecule has 1 rings (SSSR count). The average molecular weight is 210 g/mol. The number of allylic oxidation sites excluding steroid dienone is 4. The van der Waals surface area contributed by atoms with Crippen LogP contribution < -0.4 is 0 Å². The van der Waals surface area contributed by atoms with E-state index in [4.69, 9.17) is 0 Å². The minimum absolute atomic E-state index is 0.0745. The molecule has 14 heavy (non-hydrogen) atoms. The smallest absolute Gasteiger partial charge is 0.407 e. The third-order valence-corrected chi connectivity index (χ3v) is 1.87. The standard InChI is InChI=1S/C9H10F4O/c1-6-3-4-7(8(2,10)5-6)14-9(11,12)13/h3-4H,5H2,1-2H3. The van der Waals surface area contributed by atoms with E-state index in [2.05, 4.69) is 4.74 Å². The maximum absolute atomic E-state index is 13.6. The SMILES string of the molecule is CC1=CC=C(OC(F)(F)F)C(C)(F)C1. The van der Waals surface area contributed by atoms with Crippen LogP contribution in [0, 0.1) is 0 Å². The normalized spacial score (nSPS) is 28.1. The Bertz CT molecular complexity index is 286. The topological polar surface area (TPSA) is 9.23 Å². The number of hydrogen-bond acceptors (Lipinski definition) is 1. The lowest BCUT2D eigenvalue weighted by Crippen LogP contribution is -2.29. The lowest BCUT2D eigenvalue weighted by Gasteiger charge is -2.27. The van der Waals surface area contributed by atoms with Gasteiger partial charge >= 0.3 is 6.36 Å². The summed E-state index contributed by atoms with van der Waals surface area (Å²) in [6, 6.07) is 0. The van der Waals surface area contributed by atoms with Crippen LogP contribution in [0.4, 0.5) is 17.6 Å². The van der Waals surface area contributed by atoms with Crippen molar-refractivity contribution >= 4 is 0 Å². The van der Waals surface area contributed by atoms with Gasteiger partial charge < -0.3 is 4.74 Å². The zero-order chi connectivity index (χ0) is 11.0. The van der Waals surface area contributed by atoms with Crippen LogP contribution in [0.2, 0.25) is 0 Å². The summed E-state index contributed by atoms with van der Waals surface area (Å²) in [5, 5.41) is 0. The molecule has 0 saturated carbocycles. The summed E-state index contributed by atoms with van der Waals surface area (Å²) in [6.07, 6.45) is -2.47. The van der Waals surface area contributed by atoms with Crippen molar-refractivity contribution in [3.05, 3.63) is 23.5 Å². The van der Waals surface area contributed by atoms with Crippen molar-refractivity contribution in [3.8, 4) is 0 Å². The van der Waals surface area contributed by atoms with E-state index in [1.54, 1.807) is 6.92 Å². The highest BCUT2D eigenvalue weighted by Gasteiger charge is 2.41. The molecule has 1 aliphatic carbocycles. The molecule has 0 aromatic heterocycles. The van der Waals surface area contributed by atoms with Gasteiger partial charge in [0.2, 0.25) is 0 Å². The molecule has 0 aliphatic heterocycles. The Balaban J connectivity index is 2.86. The summed E-state index contributed by atoms with van der Waals surface area (Å²) in [5.41, 5.74) is -1.39. The lowest BCUT2D eigenvalue weighted by atomic mass is 9.92. The van der Waals surface area contributed by atoms with Crippen LogP contribution in [0.15, 0.2) is 23.5 Å². The molecule has 1 unspecified atom stereocenters. The van der Waals surface area contributed by atoms with Gasteiger partial charge in [-0.3, -0.25) is 0 Å². The molecular weight excluding hydrogens is 200 g/mol. The first-order chi connectivity index (χ1) is 6.21. The first-order valence-electron chi connectivity index (χ1n) is 4.03. The molecule has 0 heterocycles. The zero-order valence-electron chi connectivity index (χ0n) is 7.78. The second kappa shape index (κ2) is 3.29. The van der Waals surface area contributed by atoms with Gasteiger partial charge in [-0.1, -0.05) is 11.6 Å². The van der Waals surface area contributed by atoms with Gasteiger partial charge in [0.15, 0.2) is 5.67 Å². The Morgan fingerprint density at radius 1 is 1.36 bits per heavy atom. The zero-order valence-corrected chi connectivity index (χ0v) is 7.78. The van der Waals surface area contributed by atoms with Gasteiger partial charge in [0.05, 0.1) is 0 Å². The fourth-order valence-corrected chi connectivity index (χ4v) is 1.33. The highest BCUT2D eigenvalue weighted by atomic mass is 19.4. The number of alkyl halides is 4. The van der Waals surface area contributed by atoms with Crippen LogP contribution in [0.3, 0.4) is 0 Å². The molecule has 0 N–H and O–H groups in total. The Kier molecular flexibility index (Phi) is 2.61. The minimum atomic E-state index is -4.84. The summed E-state index contributed by atoms with van der Waals surface area (Å²) in [7, 11) is 0. The van der Waals surface area contributed by atoms with Crippen molar-refractivity contribution in [3.63, 3.8) is 0 Å². The average Bonchev–Trinajstić information content (AvgIpc) is 1.91. The summed E-state index contributed by atoms with van der Waals surface area (Å²) in [4.78, 5) is 0. The predicted octanol–water partition coefficient (Wildman–Crippen LogP) is 3.48. The van der Waals surface area contributed by atoms with Gasteiger partial charge in [-0.2, -0.15) is 0 Å². The van der Waals surface area contributed by atoms with Crippen molar-refractivity contribution in [1.82, 2.24) is 0 Å². The van der Waals surface area contributed by atoms with Crippen LogP contribution in [0.1, 0.15) is 20.3 Å². The molecule has 0 aromatic carbocycles. The largest absolute Gasteiger partial charge is 0.572 e. The number of halogens is 4. The maximum Gasteiger partial charge on any atom is 0.572 e. The first-order valence-corrected chi connectivity index (χ1v) is 4.03. The Labute approximate surface area is 79.0 Å². The van der Waals surface area contributed by atoms with Gasteiger partial charge in [0.25, 0.3) is 0 Å². The molecule has 5 heteroatoms. The molecule has 0 saturated heterocycles. The van der Waals surface area contributed by atoms with Gasteiger partial charge in [-0.15, -0.1) is 13.2 Å². The quantitative estimate of drug-likeness (QED) is 0.602. The van der Waals surface area contributed by atoms with Crippen LogP contribution >= 0.6 is 0 Å². The molecule has 80 valence electrons. The molecule has 1 nitrogen and oxygen atoms in total. The molecule has 0 bridgehead atoms. The van der Waals surface area contributed by atoms with Gasteiger partial charge in [-0.25, -0.2) is 4.39 Å². The molecular formula is C9H10F4O. The van der Waals surface area contributed by atoms with E-state index >= 15 is 0 Å². The highest BCUT2D eigenvalue weighted by molar-refractivity contribution is 5.27. The Hall–Kier alpha value is -1.00. The number of ether oxygens (including phenoxy) is 1. The monoisotopic (exact) mass is 210 g/mol. The minimum Gasteiger partial charge on any atom is -0.407 e. The van der Waals surface area contributed by atoms with E-state index in [0.717, 1.165) is 13.0 Å². The first kappa shape index (κ1) is 11.1. The molecule has 0 spiro atoms. The van der Waals surface area contributed by atoms with E-state index < -0.39 is 17.8 Å². The van der Waals surface area contributed by atoms with Crippen LogP contribution in [-0.4, -0.2) is 12.0 Å². The molecule has 0 fully saturated rings. The van der Waals surface area contributed by atoms with E-state index in [-0.39, 0.29) is 6.42 Å². The third kappa shape index (κ3) is 2.75. The van der Waals surface area contributed by atoms with Crippen LogP contribution in [0.25, 0.3) is 0 Å². The molecule has 0 radical (unpaired) electrons. The van der Waals surface area contributed by atoms with E-state index in [0.29, 0.717) is 5.57 Å². The Morgan fingerprint density at radius 2 is 1.93 bits per heavy atom. The lowest BCUT2D eigenvalue weighted by molar-refractivity contribution is -0.312. The highest BCUT2D eigenvalue weighted by Crippen LogP contribution is 2.36. The van der Waals surface area contributed by atoms with E-state index in [9.17, 15) is 17.6 Å². The van der Waals surface area contributed by atoms with Crippen molar-refractivity contribution in [2.45, 2.75) is 32.3 Å². The van der Waals surface area contributed by atoms with Gasteiger partial charge in [0, 0.05) is 6.42 Å². The predicted molar refractivity (Wildman–Crippen MR) is 43.1 cm³/mol. The van der Waals surface area contributed by atoms with Crippen molar-refractivity contribution in [2.75, 3.05) is 0 Å². The van der Waals surface area contributed by atoms with Crippen molar-refractivity contribution in [1.29, 1.82) is 0 Å². The summed E-state index contributed by atoms with van der Waals surface area (Å²) in [5.74, 6) is -0.685. The van der Waals surface area contributed by atoms with E-state index in [1.165, 1.54) is 6.08 Å². The molecule has 1 atom stereocenters. The van der Waals surface area contributed by atoms with Crippen LogP contribution in [-0.2, 0) is 4.74 Å². The van der Waals surface area contributed by atoms with Gasteiger partial charge in [-0.05, 0) is 19.9 Å². The van der Waals surface area contributed by atoms with Crippen molar-refractivity contribution in [2.24, 2.45) is 0 Å². The molecule has 0 aromatic rings. The maximum atomic E-state index is 13.6. The molecule has 1 aliphatic rings. The fourth-order valence-electron chi connectivity index (χ4n) is 1.33. The number of rotatable bonds is 1. The summed E-state index contributed by atoms with van der Waals surface area (Å²) >= 11 is 0. The summed E-state index contributed by atoms with van der Waals surface area (Å²) < 4.78 is 52.7. The second-order valence-corrected chi connectivity index (χ2v) is 3.47. The van der Waals surface area contributed by atoms with Crippen molar-refractivity contribution < 1.29 is 22.3 Å². The third-order valence-electron chi connectivity index (χ3n) is 1.87. The van der Waals surface area contributed by atoms with E-state index in [1.807, 2.05) is 0 Å². The Morgan fingerprint density at radius 3 is 2.36 bits per heavy atom. The second-order valence-electron chi connectivity index (χ2n) is 3.47.